The van der Waals surface area contributed by atoms with E-state index in [0.717, 1.165) is 11.1 Å². The van der Waals surface area contributed by atoms with Crippen LogP contribution in [0.5, 0.6) is 0 Å². The fourth-order valence-corrected chi connectivity index (χ4v) is 2.47. The molecule has 1 radical (unpaired) electrons. The lowest BCUT2D eigenvalue weighted by atomic mass is 10.1. The molecule has 1 fully saturated rings. The van der Waals surface area contributed by atoms with E-state index in [0.29, 0.717) is 26.3 Å². The topological polar surface area (TPSA) is 43.6 Å². The van der Waals surface area contributed by atoms with Gasteiger partial charge in [-0.25, -0.2) is 5.32 Å². The van der Waals surface area contributed by atoms with E-state index in [9.17, 15) is 4.79 Å². The van der Waals surface area contributed by atoms with Crippen molar-refractivity contribution in [3.8, 4) is 0 Å². The maximum absolute atomic E-state index is 12.3. The lowest BCUT2D eigenvalue weighted by molar-refractivity contribution is -0.0431. The lowest BCUT2D eigenvalue weighted by Gasteiger charge is -2.40. The first kappa shape index (κ1) is 10.7. The van der Waals surface area contributed by atoms with Gasteiger partial charge < -0.3 is 9.64 Å². The summed E-state index contributed by atoms with van der Waals surface area (Å²) in [6.45, 7) is 4.42. The van der Waals surface area contributed by atoms with Gasteiger partial charge in [0.1, 0.15) is 5.66 Å². The Morgan fingerprint density at radius 3 is 2.94 bits per heavy atom. The molecule has 3 rings (SSSR count). The third-order valence-electron chi connectivity index (χ3n) is 3.47. The first-order valence-electron chi connectivity index (χ1n) is 5.87. The van der Waals surface area contributed by atoms with Crippen LogP contribution in [0.3, 0.4) is 0 Å². The Kier molecular flexibility index (Phi) is 2.42. The molecular formula is C13H15N2O2. The molecule has 1 aromatic rings. The Balaban J connectivity index is 1.90. The van der Waals surface area contributed by atoms with E-state index in [-0.39, 0.29) is 5.91 Å². The summed E-state index contributed by atoms with van der Waals surface area (Å²) < 4.78 is 5.46. The molecule has 0 N–H and O–H groups in total. The van der Waals surface area contributed by atoms with Gasteiger partial charge in [-0.2, -0.15) is 0 Å². The second-order valence-electron chi connectivity index (χ2n) is 4.70. The van der Waals surface area contributed by atoms with Crippen molar-refractivity contribution in [3.05, 3.63) is 35.4 Å². The van der Waals surface area contributed by atoms with Crippen LogP contribution in [-0.2, 0) is 11.3 Å². The van der Waals surface area contributed by atoms with E-state index >= 15 is 0 Å². The minimum atomic E-state index is -0.506. The summed E-state index contributed by atoms with van der Waals surface area (Å²) in [5.74, 6) is 0.0670. The Labute approximate surface area is 101 Å². The van der Waals surface area contributed by atoms with E-state index in [1.54, 1.807) is 0 Å². The predicted octanol–water partition coefficient (Wildman–Crippen LogP) is 0.993. The fraction of sp³-hybridized carbons (Fsp3) is 0.462. The highest BCUT2D eigenvalue weighted by Gasteiger charge is 2.42. The normalized spacial score (nSPS) is 28.3. The van der Waals surface area contributed by atoms with Crippen LogP contribution in [0, 0.1) is 0 Å². The molecule has 0 saturated carbocycles. The zero-order valence-corrected chi connectivity index (χ0v) is 9.85. The van der Waals surface area contributed by atoms with E-state index < -0.39 is 5.66 Å². The van der Waals surface area contributed by atoms with Gasteiger partial charge in [0.25, 0.3) is 5.91 Å². The zero-order valence-electron chi connectivity index (χ0n) is 9.85. The van der Waals surface area contributed by atoms with Crippen LogP contribution >= 0.6 is 0 Å². The van der Waals surface area contributed by atoms with Crippen molar-refractivity contribution in [2.24, 2.45) is 0 Å². The number of hydrogen-bond acceptors (Lipinski definition) is 2. The van der Waals surface area contributed by atoms with Gasteiger partial charge in [0.05, 0.1) is 13.2 Å². The van der Waals surface area contributed by atoms with Crippen molar-refractivity contribution in [1.29, 1.82) is 0 Å². The molecule has 1 saturated heterocycles. The molecule has 0 spiro atoms. The van der Waals surface area contributed by atoms with Crippen LogP contribution in [0.4, 0.5) is 0 Å². The molecule has 0 aromatic heterocycles. The Morgan fingerprint density at radius 1 is 1.41 bits per heavy atom. The molecule has 1 aromatic carbocycles. The van der Waals surface area contributed by atoms with Crippen molar-refractivity contribution in [1.82, 2.24) is 10.2 Å². The van der Waals surface area contributed by atoms with Crippen LogP contribution in [0.2, 0.25) is 0 Å². The first-order chi connectivity index (χ1) is 8.21. The van der Waals surface area contributed by atoms with E-state index in [1.165, 1.54) is 0 Å². The summed E-state index contributed by atoms with van der Waals surface area (Å²) in [6.07, 6.45) is 0. The highest BCUT2D eigenvalue weighted by atomic mass is 16.5. The van der Waals surface area contributed by atoms with Crippen LogP contribution in [0.15, 0.2) is 24.3 Å². The van der Waals surface area contributed by atoms with Crippen molar-refractivity contribution in [2.75, 3.05) is 19.8 Å². The molecule has 2 aliphatic rings. The number of carbonyl (C=O) groups excluding carboxylic acids is 1. The van der Waals surface area contributed by atoms with Gasteiger partial charge in [0.15, 0.2) is 0 Å². The molecule has 1 unspecified atom stereocenters. The van der Waals surface area contributed by atoms with E-state index in [1.807, 2.05) is 36.1 Å². The van der Waals surface area contributed by atoms with Gasteiger partial charge in [0.2, 0.25) is 0 Å². The summed E-state index contributed by atoms with van der Waals surface area (Å²) in [7, 11) is 0. The predicted molar refractivity (Wildman–Crippen MR) is 62.5 cm³/mol. The first-order valence-corrected chi connectivity index (χ1v) is 5.87. The number of benzene rings is 1. The third kappa shape index (κ3) is 1.64. The van der Waals surface area contributed by atoms with Crippen molar-refractivity contribution in [3.63, 3.8) is 0 Å². The van der Waals surface area contributed by atoms with Crippen molar-refractivity contribution in [2.45, 2.75) is 19.1 Å². The highest BCUT2D eigenvalue weighted by Crippen LogP contribution is 2.29. The monoisotopic (exact) mass is 231 g/mol. The molecule has 1 amide bonds. The average Bonchev–Trinajstić information content (AvgIpc) is 2.69. The van der Waals surface area contributed by atoms with Crippen LogP contribution in [-0.4, -0.2) is 36.2 Å². The average molecular weight is 231 g/mol. The van der Waals surface area contributed by atoms with E-state index in [4.69, 9.17) is 4.74 Å². The van der Waals surface area contributed by atoms with Crippen LogP contribution in [0.25, 0.3) is 0 Å². The quantitative estimate of drug-likeness (QED) is 0.723. The smallest absolute Gasteiger partial charge is 0.256 e. The Morgan fingerprint density at radius 2 is 2.24 bits per heavy atom. The summed E-state index contributed by atoms with van der Waals surface area (Å²) in [5, 5.41) is 4.56. The number of fused-ring (bicyclic) bond motifs is 1. The molecule has 4 heteroatoms. The summed E-state index contributed by atoms with van der Waals surface area (Å²) in [6, 6.07) is 7.74. The summed E-state index contributed by atoms with van der Waals surface area (Å²) in [5.41, 5.74) is 1.38. The van der Waals surface area contributed by atoms with Gasteiger partial charge in [-0.15, -0.1) is 0 Å². The van der Waals surface area contributed by atoms with E-state index in [2.05, 4.69) is 5.32 Å². The second kappa shape index (κ2) is 3.82. The molecule has 2 aliphatic heterocycles. The zero-order chi connectivity index (χ0) is 11.9. The van der Waals surface area contributed by atoms with Crippen LogP contribution < -0.4 is 5.32 Å². The number of amides is 1. The number of hydrogen-bond donors (Lipinski definition) is 0. The molecule has 2 heterocycles. The number of ether oxygens (including phenoxy) is 1. The molecule has 0 aliphatic carbocycles. The molecule has 1 atom stereocenters. The maximum atomic E-state index is 12.3. The summed E-state index contributed by atoms with van der Waals surface area (Å²) in [4.78, 5) is 14.1. The van der Waals surface area contributed by atoms with Gasteiger partial charge >= 0.3 is 0 Å². The standard InChI is InChI=1S/C13H15N2O2/c1-13(9-17-7-6-14-13)15-8-10-4-2-3-5-11(10)12(15)16/h2-5H,6-9H2,1H3. The third-order valence-corrected chi connectivity index (χ3v) is 3.47. The van der Waals surface area contributed by atoms with Gasteiger partial charge in [-0.05, 0) is 18.6 Å². The second-order valence-corrected chi connectivity index (χ2v) is 4.70. The van der Waals surface area contributed by atoms with Gasteiger partial charge in [-0.3, -0.25) is 4.79 Å². The number of nitrogens with zero attached hydrogens (tertiary/aromatic N) is 2. The van der Waals surface area contributed by atoms with Gasteiger partial charge in [0, 0.05) is 18.7 Å². The number of carbonyl (C=O) groups is 1. The molecule has 4 nitrogen and oxygen atoms in total. The van der Waals surface area contributed by atoms with Crippen molar-refractivity contribution < 1.29 is 9.53 Å². The van der Waals surface area contributed by atoms with Gasteiger partial charge in [-0.1, -0.05) is 18.2 Å². The lowest BCUT2D eigenvalue weighted by Crippen LogP contribution is -2.59. The van der Waals surface area contributed by atoms with Crippen LogP contribution in [0.1, 0.15) is 22.8 Å². The minimum absolute atomic E-state index is 0.0670. The number of rotatable bonds is 1. The summed E-state index contributed by atoms with van der Waals surface area (Å²) >= 11 is 0. The maximum Gasteiger partial charge on any atom is 0.256 e. The SMILES string of the molecule is CC1(N2Cc3ccccc3C2=O)COCC[N]1. The molecular weight excluding hydrogens is 216 g/mol. The largest absolute Gasteiger partial charge is 0.376 e. The minimum Gasteiger partial charge on any atom is -0.376 e. The number of morpholine rings is 1. The molecule has 17 heavy (non-hydrogen) atoms. The Bertz CT molecular complexity index is 452. The van der Waals surface area contributed by atoms with Crippen molar-refractivity contribution >= 4 is 5.91 Å². The Hall–Kier alpha value is -1.39. The highest BCUT2D eigenvalue weighted by molar-refractivity contribution is 5.98. The fourth-order valence-electron chi connectivity index (χ4n) is 2.47. The molecule has 89 valence electrons. The molecule has 0 bridgehead atoms.